The van der Waals surface area contributed by atoms with Crippen molar-refractivity contribution in [2.24, 2.45) is 0 Å². The van der Waals surface area contributed by atoms with Crippen molar-refractivity contribution in [3.8, 4) is 5.75 Å². The minimum atomic E-state index is 0.181. The molecule has 82 valence electrons. The number of hydrogen-bond donors (Lipinski definition) is 1. The van der Waals surface area contributed by atoms with Crippen LogP contribution in [-0.2, 0) is 0 Å². The third-order valence-corrected chi connectivity index (χ3v) is 3.67. The molecule has 0 radical (unpaired) electrons. The van der Waals surface area contributed by atoms with Gasteiger partial charge in [-0.2, -0.15) is 0 Å². The molecule has 2 unspecified atom stereocenters. The second-order valence-corrected chi connectivity index (χ2v) is 5.42. The maximum Gasteiger partial charge on any atom is 0.115 e. The molecular formula is C12H14Cl2O. The van der Waals surface area contributed by atoms with E-state index in [-0.39, 0.29) is 10.8 Å². The molecule has 1 N–H and O–H groups in total. The number of phenolic OH excluding ortho intramolecular Hbond substituents is 1. The second kappa shape index (κ2) is 4.63. The average Bonchev–Trinajstić information content (AvgIpc) is 2.17. The van der Waals surface area contributed by atoms with Crippen LogP contribution in [0.1, 0.15) is 30.7 Å². The first-order valence-electron chi connectivity index (χ1n) is 5.22. The zero-order valence-electron chi connectivity index (χ0n) is 8.37. The molecule has 0 amide bonds. The van der Waals surface area contributed by atoms with E-state index in [1.807, 2.05) is 12.1 Å². The smallest absolute Gasteiger partial charge is 0.115 e. The van der Waals surface area contributed by atoms with E-state index in [0.29, 0.717) is 11.7 Å². The normalized spacial score (nSPS) is 31.5. The molecule has 0 bridgehead atoms. The monoisotopic (exact) mass is 244 g/mol. The summed E-state index contributed by atoms with van der Waals surface area (Å²) in [6, 6.07) is 7.35. The van der Waals surface area contributed by atoms with Crippen LogP contribution in [0.4, 0.5) is 0 Å². The Bertz CT molecular complexity index is 313. The van der Waals surface area contributed by atoms with Crippen molar-refractivity contribution in [3.05, 3.63) is 29.8 Å². The Kier molecular flexibility index (Phi) is 3.42. The summed E-state index contributed by atoms with van der Waals surface area (Å²) in [6.07, 6.45) is 2.86. The topological polar surface area (TPSA) is 20.2 Å². The highest BCUT2D eigenvalue weighted by molar-refractivity contribution is 6.23. The van der Waals surface area contributed by atoms with Crippen molar-refractivity contribution in [2.75, 3.05) is 0 Å². The minimum absolute atomic E-state index is 0.181. The molecule has 1 fully saturated rings. The second-order valence-electron chi connectivity index (χ2n) is 4.19. The number of alkyl halides is 2. The van der Waals surface area contributed by atoms with Gasteiger partial charge in [0.05, 0.1) is 0 Å². The van der Waals surface area contributed by atoms with Gasteiger partial charge in [0.2, 0.25) is 0 Å². The molecule has 1 aliphatic rings. The van der Waals surface area contributed by atoms with E-state index in [4.69, 9.17) is 23.2 Å². The molecule has 2 atom stereocenters. The molecule has 0 aromatic heterocycles. The van der Waals surface area contributed by atoms with E-state index in [2.05, 4.69) is 0 Å². The predicted molar refractivity (Wildman–Crippen MR) is 64.0 cm³/mol. The first-order chi connectivity index (χ1) is 7.15. The molecule has 1 saturated carbocycles. The van der Waals surface area contributed by atoms with E-state index < -0.39 is 0 Å². The molecule has 3 heteroatoms. The van der Waals surface area contributed by atoms with Crippen LogP contribution in [0.2, 0.25) is 0 Å². The van der Waals surface area contributed by atoms with Crippen LogP contribution in [-0.4, -0.2) is 15.9 Å². The number of phenols is 1. The van der Waals surface area contributed by atoms with E-state index in [0.717, 1.165) is 19.3 Å². The Hall–Kier alpha value is -0.400. The van der Waals surface area contributed by atoms with E-state index in [9.17, 15) is 5.11 Å². The van der Waals surface area contributed by atoms with Crippen LogP contribution in [0, 0.1) is 0 Å². The quantitative estimate of drug-likeness (QED) is 0.744. The Balaban J connectivity index is 2.12. The first-order valence-corrected chi connectivity index (χ1v) is 6.09. The van der Waals surface area contributed by atoms with Gasteiger partial charge in [-0.25, -0.2) is 0 Å². The molecule has 0 spiro atoms. The fourth-order valence-corrected chi connectivity index (χ4v) is 3.15. The average molecular weight is 245 g/mol. The molecule has 1 aromatic carbocycles. The summed E-state index contributed by atoms with van der Waals surface area (Å²) in [5.41, 5.74) is 1.23. The summed E-state index contributed by atoms with van der Waals surface area (Å²) in [7, 11) is 0. The summed E-state index contributed by atoms with van der Waals surface area (Å²) in [5, 5.41) is 9.57. The highest BCUT2D eigenvalue weighted by Crippen LogP contribution is 2.37. The zero-order chi connectivity index (χ0) is 10.8. The lowest BCUT2D eigenvalue weighted by Crippen LogP contribution is -2.22. The molecule has 0 aliphatic heterocycles. The standard InChI is InChI=1S/C12H14Cl2O/c13-10-5-9(6-11(14)7-10)8-1-3-12(15)4-2-8/h1-4,9-11,15H,5-7H2. The van der Waals surface area contributed by atoms with Gasteiger partial charge in [-0.05, 0) is 42.9 Å². The Labute approximate surface area is 100 Å². The lowest BCUT2D eigenvalue weighted by molar-refractivity contribution is 0.452. The number of benzene rings is 1. The Morgan fingerprint density at radius 3 is 2.00 bits per heavy atom. The number of rotatable bonds is 1. The van der Waals surface area contributed by atoms with E-state index in [1.165, 1.54) is 5.56 Å². The number of aromatic hydroxyl groups is 1. The maximum atomic E-state index is 9.21. The highest BCUT2D eigenvalue weighted by atomic mass is 35.5. The summed E-state index contributed by atoms with van der Waals surface area (Å²) in [4.78, 5) is 0. The van der Waals surface area contributed by atoms with Crippen molar-refractivity contribution in [2.45, 2.75) is 35.9 Å². The molecule has 0 heterocycles. The molecular weight excluding hydrogens is 231 g/mol. The SMILES string of the molecule is Oc1ccc(C2CC(Cl)CC(Cl)C2)cc1. The van der Waals surface area contributed by atoms with Crippen molar-refractivity contribution < 1.29 is 5.11 Å². The summed E-state index contributed by atoms with van der Waals surface area (Å²) in [6.45, 7) is 0. The van der Waals surface area contributed by atoms with Crippen LogP contribution in [0.25, 0.3) is 0 Å². The van der Waals surface area contributed by atoms with Gasteiger partial charge >= 0.3 is 0 Å². The lowest BCUT2D eigenvalue weighted by Gasteiger charge is -2.29. The molecule has 15 heavy (non-hydrogen) atoms. The number of hydrogen-bond acceptors (Lipinski definition) is 1. The highest BCUT2D eigenvalue weighted by Gasteiger charge is 2.27. The number of halogens is 2. The van der Waals surface area contributed by atoms with Gasteiger partial charge in [-0.1, -0.05) is 12.1 Å². The summed E-state index contributed by atoms with van der Waals surface area (Å²) in [5.74, 6) is 0.740. The van der Waals surface area contributed by atoms with Gasteiger partial charge in [0.15, 0.2) is 0 Å². The van der Waals surface area contributed by atoms with Crippen LogP contribution in [0.3, 0.4) is 0 Å². The van der Waals surface area contributed by atoms with E-state index >= 15 is 0 Å². The van der Waals surface area contributed by atoms with Gasteiger partial charge in [-0.15, -0.1) is 23.2 Å². The Morgan fingerprint density at radius 1 is 0.933 bits per heavy atom. The molecule has 1 nitrogen and oxygen atoms in total. The molecule has 0 saturated heterocycles. The summed E-state index contributed by atoms with van der Waals surface area (Å²) >= 11 is 12.3. The van der Waals surface area contributed by atoms with Gasteiger partial charge in [-0.3, -0.25) is 0 Å². The first kappa shape index (κ1) is 11.1. The fraction of sp³-hybridized carbons (Fsp3) is 0.500. The molecule has 1 aromatic rings. The van der Waals surface area contributed by atoms with Gasteiger partial charge < -0.3 is 5.11 Å². The molecule has 1 aliphatic carbocycles. The lowest BCUT2D eigenvalue weighted by atomic mass is 9.83. The third-order valence-electron chi connectivity index (χ3n) is 2.96. The van der Waals surface area contributed by atoms with Crippen LogP contribution < -0.4 is 0 Å². The van der Waals surface area contributed by atoms with Crippen molar-refractivity contribution in [1.82, 2.24) is 0 Å². The van der Waals surface area contributed by atoms with Crippen LogP contribution in [0.5, 0.6) is 5.75 Å². The van der Waals surface area contributed by atoms with Gasteiger partial charge in [0, 0.05) is 10.8 Å². The maximum absolute atomic E-state index is 9.21. The third kappa shape index (κ3) is 2.79. The van der Waals surface area contributed by atoms with Crippen molar-refractivity contribution >= 4 is 23.2 Å². The van der Waals surface area contributed by atoms with E-state index in [1.54, 1.807) is 12.1 Å². The van der Waals surface area contributed by atoms with Gasteiger partial charge in [0.1, 0.15) is 5.75 Å². The van der Waals surface area contributed by atoms with Crippen molar-refractivity contribution in [1.29, 1.82) is 0 Å². The molecule has 2 rings (SSSR count). The van der Waals surface area contributed by atoms with Crippen LogP contribution in [0.15, 0.2) is 24.3 Å². The predicted octanol–water partition coefficient (Wildman–Crippen LogP) is 3.87. The van der Waals surface area contributed by atoms with Gasteiger partial charge in [0.25, 0.3) is 0 Å². The minimum Gasteiger partial charge on any atom is -0.508 e. The van der Waals surface area contributed by atoms with Crippen molar-refractivity contribution in [3.63, 3.8) is 0 Å². The Morgan fingerprint density at radius 2 is 1.47 bits per heavy atom. The summed E-state index contributed by atoms with van der Waals surface area (Å²) < 4.78 is 0. The largest absolute Gasteiger partial charge is 0.508 e. The fourth-order valence-electron chi connectivity index (χ4n) is 2.20. The van der Waals surface area contributed by atoms with Crippen LogP contribution >= 0.6 is 23.2 Å². The zero-order valence-corrected chi connectivity index (χ0v) is 9.88.